The van der Waals surface area contributed by atoms with Crippen LogP contribution in [0.2, 0.25) is 0 Å². The fraction of sp³-hybridized carbons (Fsp3) is 0.600. The number of rotatable bonds is 4. The van der Waals surface area contributed by atoms with Crippen molar-refractivity contribution in [2.45, 2.75) is 57.0 Å². The molecule has 0 radical (unpaired) electrons. The second kappa shape index (κ2) is 6.24. The van der Waals surface area contributed by atoms with E-state index in [-0.39, 0.29) is 6.04 Å². The Hall–Kier alpha value is -0.910. The minimum Gasteiger partial charge on any atom is -0.326 e. The maximum absolute atomic E-state index is 12.6. The number of aryl methyl sites for hydroxylation is 1. The first-order valence-electron chi connectivity index (χ1n) is 7.26. The first-order valence-corrected chi connectivity index (χ1v) is 8.74. The highest BCUT2D eigenvalue weighted by atomic mass is 32.2. The predicted molar refractivity (Wildman–Crippen MR) is 80.8 cm³/mol. The topological polar surface area (TPSA) is 72.2 Å². The second-order valence-corrected chi connectivity index (χ2v) is 7.48. The van der Waals surface area contributed by atoms with Crippen LogP contribution in [0, 0.1) is 12.8 Å². The average molecular weight is 296 g/mol. The molecule has 1 aromatic carbocycles. The van der Waals surface area contributed by atoms with Crippen molar-refractivity contribution in [2.75, 3.05) is 0 Å². The Morgan fingerprint density at radius 2 is 2.00 bits per heavy atom. The molecule has 2 rings (SSSR count). The van der Waals surface area contributed by atoms with Crippen molar-refractivity contribution >= 4 is 10.0 Å². The van der Waals surface area contributed by atoms with E-state index in [4.69, 9.17) is 5.73 Å². The van der Waals surface area contributed by atoms with Crippen molar-refractivity contribution in [1.82, 2.24) is 4.72 Å². The summed E-state index contributed by atoms with van der Waals surface area (Å²) >= 11 is 0. The highest BCUT2D eigenvalue weighted by Crippen LogP contribution is 2.26. The average Bonchev–Trinajstić information content (AvgIpc) is 2.41. The van der Waals surface area contributed by atoms with Gasteiger partial charge in [0.2, 0.25) is 10.0 Å². The summed E-state index contributed by atoms with van der Waals surface area (Å²) in [5.74, 6) is 0.400. The molecule has 0 amide bonds. The van der Waals surface area contributed by atoms with Gasteiger partial charge in [0, 0.05) is 12.6 Å². The SMILES string of the molecule is Cc1ccc(CN)cc1S(=O)(=O)NC1CCCCC1C. The van der Waals surface area contributed by atoms with Gasteiger partial charge in [-0.05, 0) is 42.9 Å². The van der Waals surface area contributed by atoms with Crippen molar-refractivity contribution in [3.8, 4) is 0 Å². The van der Waals surface area contributed by atoms with Gasteiger partial charge < -0.3 is 5.73 Å². The molecule has 2 unspecified atom stereocenters. The molecule has 5 heteroatoms. The lowest BCUT2D eigenvalue weighted by Crippen LogP contribution is -2.41. The Bertz CT molecular complexity index is 569. The Kier molecular flexibility index (Phi) is 4.83. The third kappa shape index (κ3) is 3.40. The normalized spacial score (nSPS) is 23.8. The molecule has 1 aliphatic carbocycles. The molecule has 0 heterocycles. The molecule has 1 aromatic rings. The van der Waals surface area contributed by atoms with Crippen LogP contribution in [0.15, 0.2) is 23.1 Å². The van der Waals surface area contributed by atoms with E-state index < -0.39 is 10.0 Å². The zero-order valence-corrected chi connectivity index (χ0v) is 13.0. The molecule has 1 aliphatic rings. The fourth-order valence-corrected chi connectivity index (χ4v) is 4.49. The van der Waals surface area contributed by atoms with E-state index in [0.717, 1.165) is 30.4 Å². The quantitative estimate of drug-likeness (QED) is 0.895. The third-order valence-electron chi connectivity index (χ3n) is 4.20. The molecule has 20 heavy (non-hydrogen) atoms. The first-order chi connectivity index (χ1) is 9.44. The Morgan fingerprint density at radius 1 is 1.30 bits per heavy atom. The lowest BCUT2D eigenvalue weighted by Gasteiger charge is -2.29. The van der Waals surface area contributed by atoms with Crippen molar-refractivity contribution in [2.24, 2.45) is 11.7 Å². The molecule has 0 aromatic heterocycles. The molecule has 0 aliphatic heterocycles. The summed E-state index contributed by atoms with van der Waals surface area (Å²) in [5, 5.41) is 0. The van der Waals surface area contributed by atoms with E-state index >= 15 is 0 Å². The number of hydrogen-bond donors (Lipinski definition) is 2. The number of hydrogen-bond acceptors (Lipinski definition) is 3. The van der Waals surface area contributed by atoms with Gasteiger partial charge in [-0.1, -0.05) is 31.9 Å². The smallest absolute Gasteiger partial charge is 0.241 e. The van der Waals surface area contributed by atoms with E-state index in [1.54, 1.807) is 6.07 Å². The molecule has 0 saturated heterocycles. The lowest BCUT2D eigenvalue weighted by atomic mass is 9.87. The van der Waals surface area contributed by atoms with Crippen LogP contribution in [-0.4, -0.2) is 14.5 Å². The maximum atomic E-state index is 12.6. The van der Waals surface area contributed by atoms with Crippen LogP contribution in [0.1, 0.15) is 43.7 Å². The third-order valence-corrected chi connectivity index (χ3v) is 5.83. The summed E-state index contributed by atoms with van der Waals surface area (Å²) in [5.41, 5.74) is 7.21. The molecular formula is C15H24N2O2S. The Morgan fingerprint density at radius 3 is 2.65 bits per heavy atom. The van der Waals surface area contributed by atoms with Crippen LogP contribution >= 0.6 is 0 Å². The minimum atomic E-state index is -3.46. The molecule has 0 bridgehead atoms. The zero-order valence-electron chi connectivity index (χ0n) is 12.2. The van der Waals surface area contributed by atoms with Crippen molar-refractivity contribution in [3.63, 3.8) is 0 Å². The van der Waals surface area contributed by atoms with Crippen molar-refractivity contribution < 1.29 is 8.42 Å². The van der Waals surface area contributed by atoms with Gasteiger partial charge in [0.1, 0.15) is 0 Å². The molecule has 112 valence electrons. The zero-order chi connectivity index (χ0) is 14.8. The van der Waals surface area contributed by atoms with E-state index in [0.29, 0.717) is 17.4 Å². The van der Waals surface area contributed by atoms with Gasteiger partial charge in [0.25, 0.3) is 0 Å². The number of nitrogens with one attached hydrogen (secondary N) is 1. The van der Waals surface area contributed by atoms with E-state index in [9.17, 15) is 8.42 Å². The molecule has 0 spiro atoms. The van der Waals surface area contributed by atoms with Gasteiger partial charge in [0.05, 0.1) is 4.90 Å². The van der Waals surface area contributed by atoms with Crippen LogP contribution in [0.25, 0.3) is 0 Å². The van der Waals surface area contributed by atoms with Crippen LogP contribution < -0.4 is 10.5 Å². The van der Waals surface area contributed by atoms with Gasteiger partial charge in [0.15, 0.2) is 0 Å². The van der Waals surface area contributed by atoms with E-state index in [1.807, 2.05) is 19.1 Å². The number of sulfonamides is 1. The maximum Gasteiger partial charge on any atom is 0.241 e. The van der Waals surface area contributed by atoms with Gasteiger partial charge >= 0.3 is 0 Å². The minimum absolute atomic E-state index is 0.0506. The summed E-state index contributed by atoms with van der Waals surface area (Å²) in [7, 11) is -3.46. The largest absolute Gasteiger partial charge is 0.326 e. The van der Waals surface area contributed by atoms with Crippen molar-refractivity contribution in [1.29, 1.82) is 0 Å². The summed E-state index contributed by atoms with van der Waals surface area (Å²) in [4.78, 5) is 0.359. The first kappa shape index (κ1) is 15.5. The number of nitrogens with two attached hydrogens (primary N) is 1. The Labute approximate surface area is 121 Å². The molecule has 4 nitrogen and oxygen atoms in total. The molecule has 2 atom stereocenters. The van der Waals surface area contributed by atoms with Crippen LogP contribution in [-0.2, 0) is 16.6 Å². The van der Waals surface area contributed by atoms with Crippen molar-refractivity contribution in [3.05, 3.63) is 29.3 Å². The molecular weight excluding hydrogens is 272 g/mol. The lowest BCUT2D eigenvalue weighted by molar-refractivity contribution is 0.310. The van der Waals surface area contributed by atoms with E-state index in [2.05, 4.69) is 11.6 Å². The Balaban J connectivity index is 2.25. The molecule has 1 saturated carbocycles. The van der Waals surface area contributed by atoms with Gasteiger partial charge in [-0.2, -0.15) is 0 Å². The standard InChI is InChI=1S/C15H24N2O2S/c1-11-5-3-4-6-14(11)17-20(18,19)15-9-13(10-16)8-7-12(15)2/h7-9,11,14,17H,3-6,10,16H2,1-2H3. The van der Waals surface area contributed by atoms with Gasteiger partial charge in [-0.3, -0.25) is 0 Å². The molecule has 1 fully saturated rings. The summed E-state index contributed by atoms with van der Waals surface area (Å²) < 4.78 is 28.1. The van der Waals surface area contributed by atoms with Crippen LogP contribution in [0.4, 0.5) is 0 Å². The van der Waals surface area contributed by atoms with Crippen LogP contribution in [0.5, 0.6) is 0 Å². The van der Waals surface area contributed by atoms with Gasteiger partial charge in [-0.25, -0.2) is 13.1 Å². The summed E-state index contributed by atoms with van der Waals surface area (Å²) in [6, 6.07) is 5.43. The highest BCUT2D eigenvalue weighted by molar-refractivity contribution is 7.89. The fourth-order valence-electron chi connectivity index (χ4n) is 2.82. The molecule has 3 N–H and O–H groups in total. The monoisotopic (exact) mass is 296 g/mol. The number of benzene rings is 1. The van der Waals surface area contributed by atoms with Gasteiger partial charge in [-0.15, -0.1) is 0 Å². The summed E-state index contributed by atoms with van der Waals surface area (Å²) in [6.07, 6.45) is 4.31. The van der Waals surface area contributed by atoms with Crippen LogP contribution in [0.3, 0.4) is 0 Å². The highest BCUT2D eigenvalue weighted by Gasteiger charge is 2.27. The predicted octanol–water partition coefficient (Wildman–Crippen LogP) is 2.31. The van der Waals surface area contributed by atoms with E-state index in [1.165, 1.54) is 6.42 Å². The second-order valence-electron chi connectivity index (χ2n) is 5.79. The summed E-state index contributed by atoms with van der Waals surface area (Å²) in [6.45, 7) is 4.29.